The highest BCUT2D eigenvalue weighted by molar-refractivity contribution is 5.71. The molecule has 0 radical (unpaired) electrons. The van der Waals surface area contributed by atoms with Crippen LogP contribution in [0.4, 0.5) is 0 Å². The van der Waals surface area contributed by atoms with Gasteiger partial charge in [-0.1, -0.05) is 0 Å². The molecule has 1 saturated carbocycles. The Morgan fingerprint density at radius 3 is 2.16 bits per heavy atom. The number of carbonyl (C=O) groups excluding carboxylic acids is 1. The second-order valence-corrected chi connectivity index (χ2v) is 6.52. The maximum absolute atomic E-state index is 10.6. The summed E-state index contributed by atoms with van der Waals surface area (Å²) < 4.78 is 4.55. The lowest BCUT2D eigenvalue weighted by molar-refractivity contribution is -0.151. The molecule has 0 aromatic heterocycles. The zero-order chi connectivity index (χ0) is 14.5. The fourth-order valence-electron chi connectivity index (χ4n) is 2.67. The second-order valence-electron chi connectivity index (χ2n) is 6.52. The van der Waals surface area contributed by atoms with E-state index >= 15 is 0 Å². The molecule has 0 amide bonds. The van der Waals surface area contributed by atoms with Crippen LogP contribution in [0.25, 0.3) is 0 Å². The topological polar surface area (TPSA) is 75.6 Å². The fourth-order valence-corrected chi connectivity index (χ4v) is 2.67. The average molecular weight is 271 g/mol. The number of hydrogen-bond acceptors (Lipinski definition) is 4. The molecule has 2 N–H and O–H groups in total. The first-order chi connectivity index (χ1) is 8.78. The molecule has 0 aromatic carbocycles. The smallest absolute Gasteiger partial charge is 0.306 e. The van der Waals surface area contributed by atoms with E-state index in [1.54, 1.807) is 0 Å². The number of carbonyl (C=O) groups is 2. The predicted octanol–water partition coefficient (Wildman–Crippen LogP) is 1.81. The molecule has 2 fully saturated rings. The highest BCUT2D eigenvalue weighted by Crippen LogP contribution is 2.51. The lowest BCUT2D eigenvalue weighted by atomic mass is 9.58. The van der Waals surface area contributed by atoms with Crippen LogP contribution in [-0.2, 0) is 14.3 Å². The summed E-state index contributed by atoms with van der Waals surface area (Å²) in [5.41, 5.74) is 0.0933. The average Bonchev–Trinajstić information content (AvgIpc) is 2.26. The van der Waals surface area contributed by atoms with Gasteiger partial charge in [-0.05, 0) is 65.0 Å². The monoisotopic (exact) mass is 271 g/mol. The van der Waals surface area contributed by atoms with Crippen molar-refractivity contribution in [3.63, 3.8) is 0 Å². The van der Waals surface area contributed by atoms with Gasteiger partial charge in [-0.2, -0.15) is 0 Å². The van der Waals surface area contributed by atoms with Gasteiger partial charge in [0.25, 0.3) is 6.47 Å². The number of nitrogens with one attached hydrogen (secondary N) is 1. The molecule has 5 nitrogen and oxygen atoms in total. The molecule has 2 rings (SSSR count). The minimum atomic E-state index is -0.598. The first kappa shape index (κ1) is 16.0. The number of rotatable bonds is 2. The van der Waals surface area contributed by atoms with Gasteiger partial charge in [0.2, 0.25) is 0 Å². The molecule has 2 aliphatic rings. The van der Waals surface area contributed by atoms with Gasteiger partial charge >= 0.3 is 5.97 Å². The van der Waals surface area contributed by atoms with E-state index in [-0.39, 0.29) is 11.5 Å². The summed E-state index contributed by atoms with van der Waals surface area (Å²) in [6.07, 6.45) is 4.20. The Labute approximate surface area is 114 Å². The zero-order valence-corrected chi connectivity index (χ0v) is 12.1. The van der Waals surface area contributed by atoms with Crippen LogP contribution in [0.15, 0.2) is 0 Å². The van der Waals surface area contributed by atoms with E-state index in [4.69, 9.17) is 5.11 Å². The highest BCUT2D eigenvalue weighted by Gasteiger charge is 2.47. The first-order valence-electron chi connectivity index (χ1n) is 6.83. The van der Waals surface area contributed by atoms with Crippen molar-refractivity contribution >= 4 is 12.4 Å². The minimum Gasteiger partial charge on any atom is -0.481 e. The van der Waals surface area contributed by atoms with E-state index < -0.39 is 5.97 Å². The van der Waals surface area contributed by atoms with Crippen molar-refractivity contribution in [1.29, 1.82) is 0 Å². The maximum Gasteiger partial charge on any atom is 0.306 e. The SMILES string of the molecule is CC(C)(C)OC=O.O=C(O)C1CC2(CCNCC2)C1. The number of aliphatic carboxylic acids is 1. The first-order valence-corrected chi connectivity index (χ1v) is 6.83. The number of hydrogen-bond donors (Lipinski definition) is 2. The molecule has 1 aliphatic carbocycles. The third kappa shape index (κ3) is 5.19. The van der Waals surface area contributed by atoms with Gasteiger partial charge in [0, 0.05) is 0 Å². The summed E-state index contributed by atoms with van der Waals surface area (Å²) in [6.45, 7) is 8.07. The summed E-state index contributed by atoms with van der Waals surface area (Å²) in [7, 11) is 0. The molecule has 0 bridgehead atoms. The number of piperidine rings is 1. The molecule has 0 unspecified atom stereocenters. The van der Waals surface area contributed by atoms with Gasteiger partial charge in [-0.25, -0.2) is 0 Å². The summed E-state index contributed by atoms with van der Waals surface area (Å²) in [5.74, 6) is -0.637. The van der Waals surface area contributed by atoms with E-state index in [2.05, 4.69) is 10.1 Å². The largest absolute Gasteiger partial charge is 0.481 e. The summed E-state index contributed by atoms with van der Waals surface area (Å²) in [5, 5.41) is 12.0. The number of ether oxygens (including phenoxy) is 1. The quantitative estimate of drug-likeness (QED) is 0.749. The molecule has 1 saturated heterocycles. The van der Waals surface area contributed by atoms with Crippen molar-refractivity contribution in [3.05, 3.63) is 0 Å². The lowest BCUT2D eigenvalue weighted by Crippen LogP contribution is -2.47. The number of carboxylic acids is 1. The minimum absolute atomic E-state index is 0.0388. The van der Waals surface area contributed by atoms with Gasteiger partial charge in [0.1, 0.15) is 5.60 Å². The van der Waals surface area contributed by atoms with Crippen molar-refractivity contribution in [2.24, 2.45) is 11.3 Å². The summed E-state index contributed by atoms with van der Waals surface area (Å²) in [6, 6.07) is 0. The molecule has 1 heterocycles. The highest BCUT2D eigenvalue weighted by atomic mass is 16.5. The molecule has 1 spiro atoms. The van der Waals surface area contributed by atoms with Crippen LogP contribution < -0.4 is 5.32 Å². The van der Waals surface area contributed by atoms with Crippen LogP contribution in [0.1, 0.15) is 46.5 Å². The maximum atomic E-state index is 10.6. The molecular formula is C14H25NO4. The molecule has 1 aliphatic heterocycles. The molecule has 0 atom stereocenters. The van der Waals surface area contributed by atoms with E-state index in [1.165, 1.54) is 12.8 Å². The van der Waals surface area contributed by atoms with Gasteiger partial charge in [-0.15, -0.1) is 0 Å². The molecule has 5 heteroatoms. The van der Waals surface area contributed by atoms with Crippen molar-refractivity contribution < 1.29 is 19.4 Å². The summed E-state index contributed by atoms with van der Waals surface area (Å²) >= 11 is 0. The zero-order valence-electron chi connectivity index (χ0n) is 12.1. The second kappa shape index (κ2) is 6.37. The normalized spacial score (nSPS) is 21.8. The Morgan fingerprint density at radius 2 is 1.84 bits per heavy atom. The fraction of sp³-hybridized carbons (Fsp3) is 0.857. The van der Waals surface area contributed by atoms with E-state index in [9.17, 15) is 9.59 Å². The Morgan fingerprint density at radius 1 is 1.32 bits per heavy atom. The Kier molecular flexibility index (Phi) is 5.35. The molecule has 0 aromatic rings. The van der Waals surface area contributed by atoms with Gasteiger partial charge in [-0.3, -0.25) is 9.59 Å². The van der Waals surface area contributed by atoms with Crippen molar-refractivity contribution in [3.8, 4) is 0 Å². The Balaban J connectivity index is 0.000000224. The van der Waals surface area contributed by atoms with Crippen LogP contribution >= 0.6 is 0 Å². The van der Waals surface area contributed by atoms with Crippen LogP contribution in [0.3, 0.4) is 0 Å². The van der Waals surface area contributed by atoms with E-state index in [0.717, 1.165) is 25.9 Å². The van der Waals surface area contributed by atoms with E-state index in [1.807, 2.05) is 20.8 Å². The van der Waals surface area contributed by atoms with Crippen molar-refractivity contribution in [2.75, 3.05) is 13.1 Å². The standard InChI is InChI=1S/C9H15NO2.C5H10O2/c11-8(12)7-5-9(6-7)1-3-10-4-2-9;1-5(2,3)7-4-6/h7,10H,1-6H2,(H,11,12);4H,1-3H3. The van der Waals surface area contributed by atoms with Gasteiger partial charge in [0.05, 0.1) is 5.92 Å². The third-order valence-corrected chi connectivity index (χ3v) is 3.77. The predicted molar refractivity (Wildman–Crippen MR) is 71.8 cm³/mol. The van der Waals surface area contributed by atoms with Crippen molar-refractivity contribution in [2.45, 2.75) is 52.1 Å². The van der Waals surface area contributed by atoms with Crippen LogP contribution in [-0.4, -0.2) is 36.2 Å². The number of carboxylic acid groups (broad SMARTS) is 1. The molecule has 110 valence electrons. The summed E-state index contributed by atoms with van der Waals surface area (Å²) in [4.78, 5) is 20.2. The Bertz CT molecular complexity index is 308. The lowest BCUT2D eigenvalue weighted by Gasteiger charge is -2.48. The van der Waals surface area contributed by atoms with Crippen LogP contribution in [0.2, 0.25) is 0 Å². The van der Waals surface area contributed by atoms with Crippen LogP contribution in [0, 0.1) is 11.3 Å². The Hall–Kier alpha value is -1.10. The third-order valence-electron chi connectivity index (χ3n) is 3.77. The van der Waals surface area contributed by atoms with Crippen LogP contribution in [0.5, 0.6) is 0 Å². The van der Waals surface area contributed by atoms with Crippen molar-refractivity contribution in [1.82, 2.24) is 5.32 Å². The molecule has 19 heavy (non-hydrogen) atoms. The van der Waals surface area contributed by atoms with E-state index in [0.29, 0.717) is 11.9 Å². The van der Waals surface area contributed by atoms with Gasteiger partial charge < -0.3 is 15.2 Å². The molecular weight excluding hydrogens is 246 g/mol. The van der Waals surface area contributed by atoms with Gasteiger partial charge in [0.15, 0.2) is 0 Å².